The second kappa shape index (κ2) is 8.04. The molecule has 0 radical (unpaired) electrons. The highest BCUT2D eigenvalue weighted by Crippen LogP contribution is 2.55. The zero-order valence-corrected chi connectivity index (χ0v) is 18.9. The van der Waals surface area contributed by atoms with Crippen LogP contribution in [0.3, 0.4) is 0 Å². The maximum absolute atomic E-state index is 12.9. The highest BCUT2D eigenvalue weighted by Gasteiger charge is 2.52. The highest BCUT2D eigenvalue weighted by molar-refractivity contribution is 5.81. The van der Waals surface area contributed by atoms with Crippen molar-refractivity contribution in [2.75, 3.05) is 20.2 Å². The van der Waals surface area contributed by atoms with Crippen LogP contribution in [0.25, 0.3) is 0 Å². The Balaban J connectivity index is 1.53. The van der Waals surface area contributed by atoms with Crippen LogP contribution >= 0.6 is 0 Å². The number of hydrogen-bond donors (Lipinski definition) is 1. The van der Waals surface area contributed by atoms with Gasteiger partial charge in [0.2, 0.25) is 5.91 Å². The SMILES string of the molecule is COc1cccc2c1OC(C)(C)[C@@H]1C[C@H]3CN(C(=O)[C@@H](N)CC(C)C)CC[C@H]3O[C@@H]21. The van der Waals surface area contributed by atoms with Crippen molar-refractivity contribution in [1.29, 1.82) is 0 Å². The number of hydrogen-bond acceptors (Lipinski definition) is 5. The number of fused-ring (bicyclic) bond motifs is 4. The molecular formula is C24H36N2O4. The quantitative estimate of drug-likeness (QED) is 0.813. The Kier molecular flexibility index (Phi) is 5.75. The Bertz CT molecular complexity index is 793. The average molecular weight is 417 g/mol. The summed E-state index contributed by atoms with van der Waals surface area (Å²) in [4.78, 5) is 14.8. The molecule has 3 heterocycles. The van der Waals surface area contributed by atoms with Crippen molar-refractivity contribution in [2.24, 2.45) is 23.5 Å². The van der Waals surface area contributed by atoms with Crippen LogP contribution in [0, 0.1) is 17.8 Å². The first-order chi connectivity index (χ1) is 14.2. The van der Waals surface area contributed by atoms with Crippen molar-refractivity contribution in [3.05, 3.63) is 23.8 Å². The molecule has 1 aromatic rings. The van der Waals surface area contributed by atoms with Gasteiger partial charge in [-0.25, -0.2) is 0 Å². The molecule has 4 rings (SSSR count). The summed E-state index contributed by atoms with van der Waals surface area (Å²) in [6.45, 7) is 9.91. The van der Waals surface area contributed by atoms with E-state index in [4.69, 9.17) is 19.9 Å². The van der Waals surface area contributed by atoms with Gasteiger partial charge in [0.05, 0.1) is 25.4 Å². The molecule has 0 saturated carbocycles. The van der Waals surface area contributed by atoms with E-state index in [1.54, 1.807) is 7.11 Å². The summed E-state index contributed by atoms with van der Waals surface area (Å²) in [6.07, 6.45) is 2.70. The Morgan fingerprint density at radius 3 is 2.83 bits per heavy atom. The van der Waals surface area contributed by atoms with E-state index < -0.39 is 6.04 Å². The number of piperidine rings is 1. The smallest absolute Gasteiger partial charge is 0.239 e. The van der Waals surface area contributed by atoms with Crippen LogP contribution < -0.4 is 15.2 Å². The third-order valence-electron chi connectivity index (χ3n) is 7.06. The van der Waals surface area contributed by atoms with Gasteiger partial charge in [-0.2, -0.15) is 0 Å². The lowest BCUT2D eigenvalue weighted by Crippen LogP contribution is -2.57. The first-order valence-corrected chi connectivity index (χ1v) is 11.3. The van der Waals surface area contributed by atoms with Gasteiger partial charge in [0.15, 0.2) is 11.5 Å². The van der Waals surface area contributed by atoms with Gasteiger partial charge in [-0.15, -0.1) is 0 Å². The van der Waals surface area contributed by atoms with Crippen LogP contribution in [0.15, 0.2) is 18.2 Å². The zero-order valence-electron chi connectivity index (χ0n) is 18.9. The molecule has 6 nitrogen and oxygen atoms in total. The molecule has 3 aliphatic heterocycles. The molecule has 6 heteroatoms. The first-order valence-electron chi connectivity index (χ1n) is 11.3. The van der Waals surface area contributed by atoms with E-state index in [2.05, 4.69) is 33.8 Å². The molecule has 30 heavy (non-hydrogen) atoms. The maximum atomic E-state index is 12.9. The fraction of sp³-hybridized carbons (Fsp3) is 0.708. The maximum Gasteiger partial charge on any atom is 0.239 e. The zero-order chi connectivity index (χ0) is 21.6. The van der Waals surface area contributed by atoms with Crippen molar-refractivity contribution < 1.29 is 19.0 Å². The minimum absolute atomic E-state index is 0.00875. The van der Waals surface area contributed by atoms with E-state index in [-0.39, 0.29) is 29.6 Å². The minimum Gasteiger partial charge on any atom is -0.493 e. The number of rotatable bonds is 4. The molecule has 2 saturated heterocycles. The van der Waals surface area contributed by atoms with Crippen LogP contribution in [0.4, 0.5) is 0 Å². The van der Waals surface area contributed by atoms with Gasteiger partial charge in [-0.05, 0) is 45.1 Å². The van der Waals surface area contributed by atoms with Gasteiger partial charge in [0, 0.05) is 30.5 Å². The summed E-state index contributed by atoms with van der Waals surface area (Å²) in [5.41, 5.74) is 6.89. The standard InChI is InChI=1S/C24H36N2O4/c1-14(2)11-18(25)23(27)26-10-9-19-15(13-26)12-17-21(29-19)16-7-6-8-20(28-5)22(16)30-24(17,3)4/h6-8,14-15,17-19,21H,9-13,25H2,1-5H3/t15-,17+,18-,19+,21-/m0/s1. The largest absolute Gasteiger partial charge is 0.493 e. The van der Waals surface area contributed by atoms with Gasteiger partial charge in [-0.3, -0.25) is 4.79 Å². The summed E-state index contributed by atoms with van der Waals surface area (Å²) in [6, 6.07) is 5.62. The van der Waals surface area contributed by atoms with Crippen LogP contribution in [-0.4, -0.2) is 48.8 Å². The average Bonchev–Trinajstić information content (AvgIpc) is 2.70. The number of para-hydroxylation sites is 1. The highest BCUT2D eigenvalue weighted by atomic mass is 16.5. The van der Waals surface area contributed by atoms with Crippen molar-refractivity contribution >= 4 is 5.91 Å². The Morgan fingerprint density at radius 2 is 2.13 bits per heavy atom. The topological polar surface area (TPSA) is 74.0 Å². The van der Waals surface area contributed by atoms with Crippen molar-refractivity contribution in [3.63, 3.8) is 0 Å². The predicted molar refractivity (Wildman–Crippen MR) is 116 cm³/mol. The van der Waals surface area contributed by atoms with E-state index in [0.29, 0.717) is 18.4 Å². The first kappa shape index (κ1) is 21.4. The van der Waals surface area contributed by atoms with E-state index in [1.165, 1.54) is 0 Å². The van der Waals surface area contributed by atoms with Gasteiger partial charge in [-0.1, -0.05) is 26.0 Å². The minimum atomic E-state index is -0.410. The van der Waals surface area contributed by atoms with Crippen LogP contribution in [0.1, 0.15) is 58.6 Å². The summed E-state index contributed by atoms with van der Waals surface area (Å²) >= 11 is 0. The number of carbonyl (C=O) groups excluding carboxylic acids is 1. The second-order valence-corrected chi connectivity index (χ2v) is 10.1. The molecule has 2 fully saturated rings. The molecular weight excluding hydrogens is 380 g/mol. The second-order valence-electron chi connectivity index (χ2n) is 10.1. The molecule has 1 amide bonds. The number of methoxy groups -OCH3 is 1. The molecule has 0 bridgehead atoms. The van der Waals surface area contributed by atoms with E-state index in [9.17, 15) is 4.79 Å². The molecule has 0 spiro atoms. The van der Waals surface area contributed by atoms with Crippen LogP contribution in [0.5, 0.6) is 11.5 Å². The molecule has 3 aliphatic rings. The fourth-order valence-corrected chi connectivity index (χ4v) is 5.50. The Morgan fingerprint density at radius 1 is 1.37 bits per heavy atom. The van der Waals surface area contributed by atoms with Gasteiger partial charge in [0.25, 0.3) is 0 Å². The molecule has 0 aromatic heterocycles. The number of likely N-dealkylation sites (tertiary alicyclic amines) is 1. The van der Waals surface area contributed by atoms with Crippen LogP contribution in [-0.2, 0) is 9.53 Å². The van der Waals surface area contributed by atoms with E-state index >= 15 is 0 Å². The number of carbonyl (C=O) groups is 1. The number of nitrogens with zero attached hydrogens (tertiary/aromatic N) is 1. The third kappa shape index (κ3) is 3.80. The summed E-state index contributed by atoms with van der Waals surface area (Å²) < 4.78 is 18.7. The molecule has 2 N–H and O–H groups in total. The predicted octanol–water partition coefficient (Wildman–Crippen LogP) is 3.53. The summed E-state index contributed by atoms with van der Waals surface area (Å²) in [5, 5.41) is 0. The number of amides is 1. The van der Waals surface area contributed by atoms with Crippen molar-refractivity contribution in [1.82, 2.24) is 4.90 Å². The van der Waals surface area contributed by atoms with Crippen molar-refractivity contribution in [2.45, 2.75) is 70.8 Å². The lowest BCUT2D eigenvalue weighted by molar-refractivity contribution is -0.189. The fourth-order valence-electron chi connectivity index (χ4n) is 5.50. The van der Waals surface area contributed by atoms with E-state index in [0.717, 1.165) is 42.9 Å². The third-order valence-corrected chi connectivity index (χ3v) is 7.06. The molecule has 0 aliphatic carbocycles. The lowest BCUT2D eigenvalue weighted by atomic mass is 9.70. The van der Waals surface area contributed by atoms with Gasteiger partial charge < -0.3 is 24.8 Å². The number of nitrogens with two attached hydrogens (primary N) is 1. The van der Waals surface area contributed by atoms with Gasteiger partial charge in [0.1, 0.15) is 5.60 Å². The van der Waals surface area contributed by atoms with Crippen LogP contribution in [0.2, 0.25) is 0 Å². The molecule has 1 aromatic carbocycles. The Hall–Kier alpha value is -1.79. The normalized spacial score (nSPS) is 30.6. The molecule has 5 atom stereocenters. The Labute approximate surface area is 180 Å². The van der Waals surface area contributed by atoms with Crippen molar-refractivity contribution in [3.8, 4) is 11.5 Å². The number of ether oxygens (including phenoxy) is 3. The lowest BCUT2D eigenvalue weighted by Gasteiger charge is -2.53. The monoisotopic (exact) mass is 416 g/mol. The van der Waals surface area contributed by atoms with Gasteiger partial charge >= 0.3 is 0 Å². The number of benzene rings is 1. The molecule has 0 unspecified atom stereocenters. The van der Waals surface area contributed by atoms with E-state index in [1.807, 2.05) is 17.0 Å². The summed E-state index contributed by atoms with van der Waals surface area (Å²) in [7, 11) is 1.67. The molecule has 166 valence electrons. The summed E-state index contributed by atoms with van der Waals surface area (Å²) in [5.74, 6) is 2.58.